The van der Waals surface area contributed by atoms with Gasteiger partial charge in [-0.1, -0.05) is 43.4 Å². The first kappa shape index (κ1) is 11.2. The first-order chi connectivity index (χ1) is 5.91. The van der Waals surface area contributed by atoms with Crippen LogP contribution in [0.15, 0.2) is 11.6 Å². The molecule has 0 aliphatic carbocycles. The van der Waals surface area contributed by atoms with Crippen LogP contribution in [0.3, 0.4) is 0 Å². The normalized spacial score (nSPS) is 20.7. The molecule has 0 aromatic rings. The van der Waals surface area contributed by atoms with Gasteiger partial charge in [0.2, 0.25) is 0 Å². The Kier molecular flexibility index (Phi) is 3.55. The third-order valence-corrected chi connectivity index (χ3v) is 5.05. The molecule has 1 unspecified atom stereocenters. The average molecular weight is 292 g/mol. The minimum atomic E-state index is 0.385. The summed E-state index contributed by atoms with van der Waals surface area (Å²) in [5.41, 5.74) is 1.97. The van der Waals surface area contributed by atoms with Crippen LogP contribution in [-0.2, 0) is 0 Å². The molecule has 0 aromatic carbocycles. The molecule has 1 aliphatic heterocycles. The lowest BCUT2D eigenvalue weighted by molar-refractivity contribution is -0.492. The molecule has 0 bridgehead atoms. The molecule has 1 atom stereocenters. The number of alkyl halides is 1. The van der Waals surface area contributed by atoms with Crippen molar-refractivity contribution in [1.82, 2.24) is 0 Å². The van der Waals surface area contributed by atoms with Crippen molar-refractivity contribution in [2.24, 2.45) is 5.41 Å². The summed E-state index contributed by atoms with van der Waals surface area (Å²) in [5, 5.41) is 0. The fourth-order valence-electron chi connectivity index (χ4n) is 1.45. The standard InChI is InChI=1S/C11H19IN/c1-11(2,3)10(12)9-5-7-13(4)8-6-9/h5,7,10H,6,8H2,1-4H3/q+1. The van der Waals surface area contributed by atoms with E-state index < -0.39 is 0 Å². The number of hydrogen-bond acceptors (Lipinski definition) is 0. The zero-order chi connectivity index (χ0) is 10.1. The Morgan fingerprint density at radius 2 is 2.08 bits per heavy atom. The molecule has 0 saturated carbocycles. The van der Waals surface area contributed by atoms with E-state index >= 15 is 0 Å². The van der Waals surface area contributed by atoms with Gasteiger partial charge in [-0.05, 0) is 11.0 Å². The largest absolute Gasteiger partial charge is 0.238 e. The first-order valence-corrected chi connectivity index (χ1v) is 6.04. The summed E-state index contributed by atoms with van der Waals surface area (Å²) in [6, 6.07) is 0. The molecular formula is C11H19IN+. The Morgan fingerprint density at radius 1 is 1.46 bits per heavy atom. The highest BCUT2D eigenvalue weighted by Crippen LogP contribution is 2.33. The lowest BCUT2D eigenvalue weighted by Gasteiger charge is -2.28. The molecule has 0 N–H and O–H groups in total. The number of rotatable bonds is 1. The third kappa shape index (κ3) is 3.08. The van der Waals surface area contributed by atoms with Gasteiger partial charge in [-0.3, -0.25) is 0 Å². The third-order valence-electron chi connectivity index (χ3n) is 2.38. The average Bonchev–Trinajstić information content (AvgIpc) is 2.03. The molecule has 1 nitrogen and oxygen atoms in total. The molecule has 1 rings (SSSR count). The van der Waals surface area contributed by atoms with Crippen molar-refractivity contribution in [3.8, 4) is 0 Å². The maximum Gasteiger partial charge on any atom is 0.163 e. The van der Waals surface area contributed by atoms with Gasteiger partial charge >= 0.3 is 0 Å². The van der Waals surface area contributed by atoms with E-state index in [-0.39, 0.29) is 0 Å². The SMILES string of the molecule is C[N+]1=CC=C(C(I)C(C)(C)C)CC1. The topological polar surface area (TPSA) is 3.01 Å². The highest BCUT2D eigenvalue weighted by atomic mass is 127. The Bertz CT molecular complexity index is 245. The monoisotopic (exact) mass is 292 g/mol. The van der Waals surface area contributed by atoms with E-state index in [0.717, 1.165) is 0 Å². The smallest absolute Gasteiger partial charge is 0.163 e. The van der Waals surface area contributed by atoms with Crippen molar-refractivity contribution in [2.75, 3.05) is 13.6 Å². The van der Waals surface area contributed by atoms with Crippen LogP contribution in [-0.4, -0.2) is 28.3 Å². The van der Waals surface area contributed by atoms with Crippen LogP contribution in [0.25, 0.3) is 0 Å². The molecule has 1 heterocycles. The predicted octanol–water partition coefficient (Wildman–Crippen LogP) is 2.88. The zero-order valence-electron chi connectivity index (χ0n) is 8.97. The van der Waals surface area contributed by atoms with E-state index in [2.05, 4.69) is 67.3 Å². The summed E-state index contributed by atoms with van der Waals surface area (Å²) in [6.07, 6.45) is 5.69. The molecule has 74 valence electrons. The van der Waals surface area contributed by atoms with Gasteiger partial charge in [0.05, 0.1) is 0 Å². The Labute approximate surface area is 95.1 Å². The molecule has 0 amide bonds. The molecule has 1 aliphatic rings. The van der Waals surface area contributed by atoms with Crippen LogP contribution < -0.4 is 0 Å². The van der Waals surface area contributed by atoms with Crippen molar-refractivity contribution in [2.45, 2.75) is 31.1 Å². The highest BCUT2D eigenvalue weighted by Gasteiger charge is 2.26. The van der Waals surface area contributed by atoms with Crippen LogP contribution in [0, 0.1) is 5.41 Å². The van der Waals surface area contributed by atoms with Crippen molar-refractivity contribution in [3.63, 3.8) is 0 Å². The van der Waals surface area contributed by atoms with Crippen molar-refractivity contribution in [1.29, 1.82) is 0 Å². The summed E-state index contributed by atoms with van der Waals surface area (Å²) in [4.78, 5) is 0. The van der Waals surface area contributed by atoms with Gasteiger partial charge < -0.3 is 0 Å². The summed E-state index contributed by atoms with van der Waals surface area (Å²) < 4.78 is 2.91. The zero-order valence-corrected chi connectivity index (χ0v) is 11.1. The number of halogens is 1. The van der Waals surface area contributed by atoms with Crippen molar-refractivity contribution >= 4 is 28.8 Å². The summed E-state index contributed by atoms with van der Waals surface area (Å²) >= 11 is 2.57. The predicted molar refractivity (Wildman–Crippen MR) is 67.1 cm³/mol. The minimum absolute atomic E-state index is 0.385. The fourth-order valence-corrected chi connectivity index (χ4v) is 1.97. The molecule has 0 spiro atoms. The van der Waals surface area contributed by atoms with Gasteiger partial charge in [0.1, 0.15) is 13.6 Å². The quantitative estimate of drug-likeness (QED) is 0.397. The number of nitrogens with zero attached hydrogens (tertiary/aromatic N) is 1. The van der Waals surface area contributed by atoms with Crippen LogP contribution in [0.4, 0.5) is 0 Å². The molecule has 13 heavy (non-hydrogen) atoms. The molecule has 0 fully saturated rings. The highest BCUT2D eigenvalue weighted by molar-refractivity contribution is 14.1. The van der Waals surface area contributed by atoms with Gasteiger partial charge in [-0.25, -0.2) is 4.58 Å². The lowest BCUT2D eigenvalue weighted by Crippen LogP contribution is -2.26. The van der Waals surface area contributed by atoms with Gasteiger partial charge in [0.25, 0.3) is 0 Å². The van der Waals surface area contributed by atoms with E-state index in [1.165, 1.54) is 13.0 Å². The van der Waals surface area contributed by atoms with E-state index in [4.69, 9.17) is 0 Å². The molecule has 0 saturated heterocycles. The van der Waals surface area contributed by atoms with Crippen molar-refractivity contribution < 1.29 is 4.58 Å². The lowest BCUT2D eigenvalue weighted by atomic mass is 9.86. The second kappa shape index (κ2) is 4.11. The number of hydrogen-bond donors (Lipinski definition) is 0. The summed E-state index contributed by atoms with van der Waals surface area (Å²) in [7, 11) is 2.13. The maximum atomic E-state index is 2.57. The van der Waals surface area contributed by atoms with Gasteiger partial charge in [0, 0.05) is 16.4 Å². The van der Waals surface area contributed by atoms with Crippen LogP contribution >= 0.6 is 22.6 Å². The first-order valence-electron chi connectivity index (χ1n) is 4.79. The van der Waals surface area contributed by atoms with Gasteiger partial charge in [-0.15, -0.1) is 0 Å². The summed E-state index contributed by atoms with van der Waals surface area (Å²) in [5.74, 6) is 0. The second-order valence-electron chi connectivity index (χ2n) is 4.85. The fraction of sp³-hybridized carbons (Fsp3) is 0.727. The maximum absolute atomic E-state index is 2.57. The van der Waals surface area contributed by atoms with Crippen LogP contribution in [0.2, 0.25) is 0 Å². The van der Waals surface area contributed by atoms with E-state index in [1.54, 1.807) is 5.57 Å². The Morgan fingerprint density at radius 3 is 2.46 bits per heavy atom. The van der Waals surface area contributed by atoms with Crippen LogP contribution in [0.5, 0.6) is 0 Å². The molecule has 0 radical (unpaired) electrons. The minimum Gasteiger partial charge on any atom is -0.238 e. The number of allylic oxidation sites excluding steroid dienone is 1. The Hall–Kier alpha value is 0.140. The van der Waals surface area contributed by atoms with Crippen molar-refractivity contribution in [3.05, 3.63) is 11.6 Å². The van der Waals surface area contributed by atoms with E-state index in [1.807, 2.05) is 0 Å². The second-order valence-corrected chi connectivity index (χ2v) is 6.10. The summed E-state index contributed by atoms with van der Waals surface area (Å²) in [6.45, 7) is 8.09. The van der Waals surface area contributed by atoms with Gasteiger partial charge in [0.15, 0.2) is 6.21 Å². The van der Waals surface area contributed by atoms with Gasteiger partial charge in [-0.2, -0.15) is 0 Å². The van der Waals surface area contributed by atoms with E-state index in [9.17, 15) is 0 Å². The molecular weight excluding hydrogens is 273 g/mol. The molecule has 0 aromatic heterocycles. The molecule has 2 heteroatoms. The van der Waals surface area contributed by atoms with Crippen LogP contribution in [0.1, 0.15) is 27.2 Å². The Balaban J connectivity index is 2.74. The van der Waals surface area contributed by atoms with E-state index in [0.29, 0.717) is 9.34 Å².